The van der Waals surface area contributed by atoms with Crippen LogP contribution < -0.4 is 84.3 Å². The summed E-state index contributed by atoms with van der Waals surface area (Å²) in [7, 11) is 2.71. The third kappa shape index (κ3) is 21.7. The van der Waals surface area contributed by atoms with Crippen LogP contribution in [0.2, 0.25) is 15.1 Å². The highest BCUT2D eigenvalue weighted by molar-refractivity contribution is 6.32. The number of nitrogens with two attached hydrogens (primary N) is 1. The second-order valence-electron chi connectivity index (χ2n) is 31.4. The Morgan fingerprint density at radius 1 is 0.711 bits per heavy atom. The number of nitrogens with one attached hydrogen (secondary N) is 11. The van der Waals surface area contributed by atoms with E-state index in [-0.39, 0.29) is 60.2 Å². The quantitative estimate of drug-likeness (QED) is 0.0392. The number of amides is 10. The van der Waals surface area contributed by atoms with E-state index < -0.39 is 283 Å². The molecule has 128 heavy (non-hydrogen) atoms. The van der Waals surface area contributed by atoms with Crippen LogP contribution in [0.4, 0.5) is 10.2 Å². The molecule has 0 radical (unpaired) electrons. The SMILES string of the molecule is CNC(=O)CONC(=O)[C@@H]1NC(=O)[C@H]2NC(=O)[C@H](NC(=O)[C@@H]3NC(=O)[C@H](CC(N)=O)NC(=O)[C@H](NC(=O)[C@@H](CC(C)C)NC)[C@H](O)c4ccc(c(Cl)c4)Oc4cc3cc(c4O[C@@H]3O[C@H](CO)[C@@H](O)[C@H](O)[C@H]3O[C@H]3C[C@](C)(NCCn4ccc(NC(=O)Cc5ccc(F)c(Cl)c5)nc4=O)[C@H](O)[C@H](C)O3)Oc3ccc(cc3Cl)[C@H]2O)c2ccc(O)c(c2)-c2c(O)cc(O)cc21. The van der Waals surface area contributed by atoms with Crippen molar-refractivity contribution in [2.45, 2.75) is 169 Å². The Labute approximate surface area is 741 Å². The van der Waals surface area contributed by atoms with Crippen LogP contribution in [0.1, 0.15) is 111 Å². The summed E-state index contributed by atoms with van der Waals surface area (Å²) in [5.41, 5.74) is 2.91. The summed E-state index contributed by atoms with van der Waals surface area (Å²) in [5, 5.41) is 131. The first kappa shape index (κ1) is 95.1. The lowest BCUT2D eigenvalue weighted by Gasteiger charge is -2.48. The van der Waals surface area contributed by atoms with Gasteiger partial charge in [0.05, 0.1) is 52.8 Å². The molecule has 2 saturated heterocycles. The van der Waals surface area contributed by atoms with Crippen LogP contribution >= 0.6 is 34.8 Å². The number of aliphatic hydroxyl groups is 6. The molecular formula is C83H92Cl3FN14O27. The Bertz CT molecular complexity index is 5510. The molecule has 0 spiro atoms. The summed E-state index contributed by atoms with van der Waals surface area (Å²) in [5.74, 6) is -18.3. The number of phenols is 3. The van der Waals surface area contributed by atoms with E-state index in [1.165, 1.54) is 56.0 Å². The molecular weight excluding hydrogens is 1750 g/mol. The lowest BCUT2D eigenvalue weighted by atomic mass is 9.85. The smallest absolute Gasteiger partial charge is 0.349 e. The highest BCUT2D eigenvalue weighted by atomic mass is 35.5. The molecule has 0 saturated carbocycles. The van der Waals surface area contributed by atoms with E-state index in [2.05, 4.69) is 58.2 Å². The Morgan fingerprint density at radius 2 is 1.37 bits per heavy atom. The fourth-order valence-corrected chi connectivity index (χ4v) is 15.8. The van der Waals surface area contributed by atoms with Gasteiger partial charge in [0.1, 0.15) is 107 Å². The van der Waals surface area contributed by atoms with Crippen molar-refractivity contribution in [1.82, 2.24) is 62.9 Å². The Kier molecular flexibility index (Phi) is 30.1. The number of rotatable bonds is 23. The fourth-order valence-electron chi connectivity index (χ4n) is 15.1. The van der Waals surface area contributed by atoms with Crippen molar-refractivity contribution in [2.24, 2.45) is 11.7 Å². The van der Waals surface area contributed by atoms with Crippen LogP contribution in [0.25, 0.3) is 11.1 Å². The summed E-state index contributed by atoms with van der Waals surface area (Å²) in [6.07, 6.45) is -18.7. The number of aromatic nitrogens is 2. The maximum atomic E-state index is 16.4. The second-order valence-corrected chi connectivity index (χ2v) is 32.6. The number of primary amides is 1. The van der Waals surface area contributed by atoms with Gasteiger partial charge in [-0.2, -0.15) is 4.98 Å². The normalized spacial score (nSPS) is 25.6. The van der Waals surface area contributed by atoms with Gasteiger partial charge in [-0.25, -0.2) is 14.7 Å². The first-order valence-corrected chi connectivity index (χ1v) is 41.0. The summed E-state index contributed by atoms with van der Waals surface area (Å²) >= 11 is 20.3. The minimum absolute atomic E-state index is 0.0685. The molecule has 6 aromatic carbocycles. The molecule has 7 aliphatic heterocycles. The van der Waals surface area contributed by atoms with Gasteiger partial charge in [-0.05, 0) is 139 Å². The molecule has 18 atom stereocenters. The minimum atomic E-state index is -2.42. The molecule has 14 rings (SSSR count). The highest BCUT2D eigenvalue weighted by Gasteiger charge is 2.52. The molecule has 45 heteroatoms. The number of halogens is 4. The largest absolute Gasteiger partial charge is 0.508 e. The number of phenolic OH excluding ortho intramolecular Hbond substituents is 3. The molecule has 11 bridgehead atoms. The van der Waals surface area contributed by atoms with Crippen molar-refractivity contribution in [1.29, 1.82) is 0 Å². The maximum absolute atomic E-state index is 16.4. The Balaban J connectivity index is 0.998. The van der Waals surface area contributed by atoms with Gasteiger partial charge in [0.2, 0.25) is 65.2 Å². The van der Waals surface area contributed by atoms with Gasteiger partial charge < -0.3 is 133 Å². The molecule has 41 nitrogen and oxygen atoms in total. The van der Waals surface area contributed by atoms with E-state index in [1.807, 2.05) is 5.48 Å². The number of benzene rings is 6. The molecule has 0 unspecified atom stereocenters. The lowest BCUT2D eigenvalue weighted by Crippen LogP contribution is -2.65. The molecule has 684 valence electrons. The van der Waals surface area contributed by atoms with Crippen LogP contribution in [-0.4, -0.2) is 227 Å². The van der Waals surface area contributed by atoms with Gasteiger partial charge in [-0.3, -0.25) is 57.4 Å². The number of hydrogen-bond acceptors (Lipinski definition) is 30. The van der Waals surface area contributed by atoms with Crippen molar-refractivity contribution in [3.8, 4) is 57.1 Å². The van der Waals surface area contributed by atoms with E-state index in [0.29, 0.717) is 5.56 Å². The number of carbonyl (C=O) groups is 10. The van der Waals surface area contributed by atoms with Gasteiger partial charge in [0.25, 0.3) is 5.91 Å². The number of aromatic hydroxyl groups is 3. The van der Waals surface area contributed by atoms with Crippen molar-refractivity contribution in [3.05, 3.63) is 174 Å². The number of likely N-dealkylation sites (N-methyl/N-ethyl adjacent to an activating group) is 2. The van der Waals surface area contributed by atoms with Gasteiger partial charge >= 0.3 is 5.69 Å². The molecule has 2 fully saturated rings. The van der Waals surface area contributed by atoms with Crippen LogP contribution in [0.3, 0.4) is 0 Å². The summed E-state index contributed by atoms with van der Waals surface area (Å²) in [4.78, 5) is 168. The highest BCUT2D eigenvalue weighted by Crippen LogP contribution is 2.50. The van der Waals surface area contributed by atoms with Crippen molar-refractivity contribution in [2.75, 3.05) is 39.2 Å². The van der Waals surface area contributed by atoms with Crippen LogP contribution in [0.5, 0.6) is 46.0 Å². The number of anilines is 1. The standard InChI is InChI=1S/C83H92Cl3FN14O27/c1-33(2)19-47(89-5)74(114)98-65-67(109)37-9-13-51(44(85)23-37)124-53-25-39-26-54(71(53)128-81-72(70(112)69(111)55(31-102)126-81)127-60-30-83(4,73(113)34(3)123-60)91-16-18-101-17-15-57(94-82(101)121)93-58(107)21-35-7-11-46(87)43(84)20-35)125-52-14-10-38(24-45(52)86)68(110)66-79(119)97-64(80(120)100-122-32-59(108)90-6)42-27-40(103)28-50(105)61(42)41-22-36(8-12-49(41)104)62(76(116)99-66)96-77(117)63(39)95-75(115)48(29-56(88)106)92-78(65)118/h7-15,17,20,22-28,33-34,47-48,55,60,62-70,72-73,81,89,91,102-105,109-113H,16,18-19,21,29-32H2,1-6H3,(H2,88,106)(H,90,108)(H,92,118)(H,95,115)(H,96,117)(H,97,119)(H,98,114)(H,99,116)(H,100,120)(H,93,94,107,121)/t34-,47+,48-,55+,60-,62+,63+,64+,65+,66-,67+,68+,69+,70-,72+,73+,81-,83-/m0/s1. The molecule has 0 aliphatic carbocycles. The number of hydroxylamine groups is 1. The number of fused-ring (bicyclic) bond motifs is 15. The minimum Gasteiger partial charge on any atom is -0.508 e. The molecule has 7 aromatic rings. The monoisotopic (exact) mass is 1840 g/mol. The van der Waals surface area contributed by atoms with E-state index in [9.17, 15) is 79.1 Å². The van der Waals surface area contributed by atoms with E-state index >= 15 is 24.0 Å². The average molecular weight is 1840 g/mol. The third-order valence-corrected chi connectivity index (χ3v) is 22.7. The lowest BCUT2D eigenvalue weighted by molar-refractivity contribution is -0.334. The topological polar surface area (TPSA) is 611 Å². The first-order chi connectivity index (χ1) is 60.7. The number of hydrogen-bond donors (Lipinski definition) is 21. The van der Waals surface area contributed by atoms with E-state index in [0.717, 1.165) is 78.9 Å². The van der Waals surface area contributed by atoms with E-state index in [1.54, 1.807) is 20.8 Å². The maximum Gasteiger partial charge on any atom is 0.349 e. The van der Waals surface area contributed by atoms with Crippen molar-refractivity contribution < 1.29 is 132 Å². The first-order valence-electron chi connectivity index (χ1n) is 39.9. The molecule has 7 aliphatic rings. The zero-order valence-corrected chi connectivity index (χ0v) is 71.1. The molecule has 1 aromatic heterocycles. The summed E-state index contributed by atoms with van der Waals surface area (Å²) in [6.45, 7) is 4.63. The predicted molar refractivity (Wildman–Crippen MR) is 446 cm³/mol. The van der Waals surface area contributed by atoms with Crippen LogP contribution in [0.15, 0.2) is 114 Å². The number of nitrogens with zero attached hydrogens (tertiary/aromatic N) is 2. The van der Waals surface area contributed by atoms with Crippen LogP contribution in [0, 0.1) is 11.7 Å². The zero-order valence-electron chi connectivity index (χ0n) is 68.8. The predicted octanol–water partition coefficient (Wildman–Crippen LogP) is 0.677. The Hall–Kier alpha value is -12.0. The molecule has 8 heterocycles. The molecule has 22 N–H and O–H groups in total. The van der Waals surface area contributed by atoms with Crippen molar-refractivity contribution >= 4 is 99.7 Å². The third-order valence-electron chi connectivity index (χ3n) is 21.8. The number of carbonyl (C=O) groups excluding carboxylic acids is 10. The van der Waals surface area contributed by atoms with Crippen molar-refractivity contribution in [3.63, 3.8) is 0 Å². The average Bonchev–Trinajstić information content (AvgIpc) is 0.776. The van der Waals surface area contributed by atoms with Gasteiger partial charge in [-0.15, -0.1) is 0 Å². The zero-order chi connectivity index (χ0) is 92.8. The van der Waals surface area contributed by atoms with Gasteiger partial charge in [-0.1, -0.05) is 72.9 Å². The number of aliphatic hydroxyl groups excluding tert-OH is 6. The Morgan fingerprint density at radius 3 is 2.00 bits per heavy atom. The van der Waals surface area contributed by atoms with Crippen LogP contribution in [-0.2, 0) is 80.0 Å². The summed E-state index contributed by atoms with van der Waals surface area (Å²) in [6, 6.07) is 3.91. The second kappa shape index (κ2) is 40.6. The van der Waals surface area contributed by atoms with E-state index in [4.69, 9.17) is 73.8 Å². The fraction of sp³-hybridized carbons (Fsp3) is 0.398. The van der Waals surface area contributed by atoms with Gasteiger partial charge in [0.15, 0.2) is 30.5 Å². The molecule has 10 amide bonds. The number of ether oxygens (including phenoxy) is 6. The summed E-state index contributed by atoms with van der Waals surface area (Å²) < 4.78 is 54.4. The van der Waals surface area contributed by atoms with Gasteiger partial charge in [0, 0.05) is 55.5 Å².